The SMILES string of the molecule is CC.CC(=O)c1cccc(-c2cc(N)c(C=N)c(Nc3cccc(C)n3)c2)n1. The van der Waals surface area contributed by atoms with Crippen LogP contribution in [0.15, 0.2) is 48.5 Å². The van der Waals surface area contributed by atoms with Crippen LogP contribution >= 0.6 is 0 Å². The van der Waals surface area contributed by atoms with E-state index in [1.807, 2.05) is 51.1 Å². The van der Waals surface area contributed by atoms with E-state index < -0.39 is 0 Å². The molecule has 0 bridgehead atoms. The molecule has 0 atom stereocenters. The van der Waals surface area contributed by atoms with Crippen molar-refractivity contribution >= 4 is 29.2 Å². The molecule has 0 aliphatic rings. The highest BCUT2D eigenvalue weighted by atomic mass is 16.1. The number of benzene rings is 1. The highest BCUT2D eigenvalue weighted by Gasteiger charge is 2.11. The number of nitrogens with two attached hydrogens (primary N) is 1. The van der Waals surface area contributed by atoms with Crippen molar-refractivity contribution in [2.45, 2.75) is 27.7 Å². The normalized spacial score (nSPS) is 9.86. The van der Waals surface area contributed by atoms with Gasteiger partial charge in [0.05, 0.1) is 11.4 Å². The molecule has 0 amide bonds. The van der Waals surface area contributed by atoms with E-state index in [0.717, 1.165) is 11.3 Å². The number of aryl methyl sites for hydroxylation is 1. The van der Waals surface area contributed by atoms with Gasteiger partial charge in [-0.3, -0.25) is 4.79 Å². The zero-order valence-corrected chi connectivity index (χ0v) is 16.6. The van der Waals surface area contributed by atoms with E-state index in [2.05, 4.69) is 15.3 Å². The summed E-state index contributed by atoms with van der Waals surface area (Å²) < 4.78 is 0. The second-order valence-electron chi connectivity index (χ2n) is 5.92. The molecule has 0 saturated carbocycles. The summed E-state index contributed by atoms with van der Waals surface area (Å²) in [6.45, 7) is 7.39. The van der Waals surface area contributed by atoms with Gasteiger partial charge >= 0.3 is 0 Å². The van der Waals surface area contributed by atoms with Crippen LogP contribution in [-0.2, 0) is 0 Å². The van der Waals surface area contributed by atoms with E-state index in [4.69, 9.17) is 11.1 Å². The second-order valence-corrected chi connectivity index (χ2v) is 5.92. The first-order valence-electron chi connectivity index (χ1n) is 9.11. The fourth-order valence-electron chi connectivity index (χ4n) is 2.63. The first-order valence-corrected chi connectivity index (χ1v) is 9.11. The molecular formula is C22H25N5O. The van der Waals surface area contributed by atoms with Crippen LogP contribution in [0.2, 0.25) is 0 Å². The number of nitrogens with zero attached hydrogens (tertiary/aromatic N) is 2. The van der Waals surface area contributed by atoms with Crippen LogP contribution in [0.4, 0.5) is 17.2 Å². The lowest BCUT2D eigenvalue weighted by Gasteiger charge is -2.14. The molecule has 4 N–H and O–H groups in total. The number of rotatable bonds is 5. The first-order chi connectivity index (χ1) is 13.5. The number of aromatic nitrogens is 2. The predicted octanol–water partition coefficient (Wildman–Crippen LogP) is 5.00. The number of nitrogens with one attached hydrogen (secondary N) is 2. The van der Waals surface area contributed by atoms with E-state index in [-0.39, 0.29) is 5.78 Å². The van der Waals surface area contributed by atoms with E-state index in [9.17, 15) is 4.79 Å². The van der Waals surface area contributed by atoms with Crippen molar-refractivity contribution in [3.63, 3.8) is 0 Å². The summed E-state index contributed by atoms with van der Waals surface area (Å²) in [5, 5.41) is 10.9. The van der Waals surface area contributed by atoms with Gasteiger partial charge in [0, 0.05) is 35.6 Å². The number of ketones is 1. The van der Waals surface area contributed by atoms with Crippen molar-refractivity contribution < 1.29 is 4.79 Å². The average molecular weight is 375 g/mol. The number of pyridine rings is 2. The van der Waals surface area contributed by atoms with Crippen LogP contribution < -0.4 is 11.1 Å². The molecule has 0 saturated heterocycles. The second kappa shape index (κ2) is 9.41. The van der Waals surface area contributed by atoms with Gasteiger partial charge in [-0.15, -0.1) is 0 Å². The van der Waals surface area contributed by atoms with Crippen LogP contribution in [0.1, 0.15) is 42.5 Å². The van der Waals surface area contributed by atoms with Crippen LogP contribution in [0.25, 0.3) is 11.3 Å². The maximum Gasteiger partial charge on any atom is 0.178 e. The van der Waals surface area contributed by atoms with Gasteiger partial charge in [-0.05, 0) is 43.3 Å². The molecule has 0 aliphatic heterocycles. The monoisotopic (exact) mass is 375 g/mol. The third kappa shape index (κ3) is 4.79. The number of hydrogen-bond acceptors (Lipinski definition) is 6. The third-order valence-electron chi connectivity index (χ3n) is 3.91. The maximum atomic E-state index is 11.6. The summed E-state index contributed by atoms with van der Waals surface area (Å²) in [6, 6.07) is 14.5. The number of Topliss-reactive ketones (excluding diaryl/α,β-unsaturated/α-hetero) is 1. The Labute approximate surface area is 165 Å². The number of carbonyl (C=O) groups is 1. The van der Waals surface area contributed by atoms with E-state index in [1.54, 1.807) is 18.2 Å². The molecule has 3 rings (SSSR count). The van der Waals surface area contributed by atoms with Gasteiger partial charge < -0.3 is 16.5 Å². The molecule has 28 heavy (non-hydrogen) atoms. The molecule has 0 radical (unpaired) electrons. The highest BCUT2D eigenvalue weighted by molar-refractivity contribution is 5.96. The Morgan fingerprint density at radius 3 is 2.46 bits per heavy atom. The summed E-state index contributed by atoms with van der Waals surface area (Å²) in [6.07, 6.45) is 1.21. The minimum Gasteiger partial charge on any atom is -0.398 e. The Balaban J connectivity index is 0.00000136. The van der Waals surface area contributed by atoms with Crippen LogP contribution in [0.5, 0.6) is 0 Å². The topological polar surface area (TPSA) is 105 Å². The van der Waals surface area contributed by atoms with Gasteiger partial charge in [0.25, 0.3) is 0 Å². The van der Waals surface area contributed by atoms with Crippen LogP contribution in [0, 0.1) is 12.3 Å². The van der Waals surface area contributed by atoms with E-state index in [1.165, 1.54) is 13.1 Å². The van der Waals surface area contributed by atoms with Gasteiger partial charge in [0.1, 0.15) is 11.5 Å². The number of anilines is 3. The molecule has 0 unspecified atom stereocenters. The molecule has 6 heteroatoms. The van der Waals surface area contributed by atoms with Gasteiger partial charge in [0.2, 0.25) is 0 Å². The molecule has 144 valence electrons. The first kappa shape index (κ1) is 20.8. The van der Waals surface area contributed by atoms with Crippen molar-refractivity contribution in [3.8, 4) is 11.3 Å². The Hall–Kier alpha value is -3.54. The lowest BCUT2D eigenvalue weighted by molar-refractivity contribution is 0.101. The molecule has 2 heterocycles. The number of carbonyl (C=O) groups excluding carboxylic acids is 1. The van der Waals surface area contributed by atoms with Crippen molar-refractivity contribution in [2.24, 2.45) is 0 Å². The summed E-state index contributed by atoms with van der Waals surface area (Å²) in [4.78, 5) is 20.4. The highest BCUT2D eigenvalue weighted by Crippen LogP contribution is 2.30. The fourth-order valence-corrected chi connectivity index (χ4v) is 2.63. The summed E-state index contributed by atoms with van der Waals surface area (Å²) in [5.41, 5.74) is 10.5. The van der Waals surface area contributed by atoms with Gasteiger partial charge in [-0.1, -0.05) is 26.0 Å². The Kier molecular flexibility index (Phi) is 6.98. The Morgan fingerprint density at radius 1 is 1.11 bits per heavy atom. The van der Waals surface area contributed by atoms with Crippen molar-refractivity contribution in [2.75, 3.05) is 11.1 Å². The lowest BCUT2D eigenvalue weighted by Crippen LogP contribution is -2.03. The Morgan fingerprint density at radius 2 is 1.82 bits per heavy atom. The average Bonchev–Trinajstić information content (AvgIpc) is 2.69. The van der Waals surface area contributed by atoms with Gasteiger partial charge in [-0.2, -0.15) is 0 Å². The molecule has 2 aromatic heterocycles. The van der Waals surface area contributed by atoms with Crippen molar-refractivity contribution in [1.82, 2.24) is 9.97 Å². The molecule has 3 aromatic rings. The molecule has 6 nitrogen and oxygen atoms in total. The van der Waals surface area contributed by atoms with Gasteiger partial charge in [0.15, 0.2) is 5.78 Å². The summed E-state index contributed by atoms with van der Waals surface area (Å²) in [5.74, 6) is 0.563. The third-order valence-corrected chi connectivity index (χ3v) is 3.91. The molecule has 1 aromatic carbocycles. The maximum absolute atomic E-state index is 11.6. The quantitative estimate of drug-likeness (QED) is 0.330. The van der Waals surface area contributed by atoms with Crippen molar-refractivity contribution in [3.05, 3.63) is 65.5 Å². The van der Waals surface area contributed by atoms with E-state index >= 15 is 0 Å². The van der Waals surface area contributed by atoms with E-state index in [0.29, 0.717) is 34.1 Å². The number of hydrogen-bond donors (Lipinski definition) is 3. The largest absolute Gasteiger partial charge is 0.398 e. The molecule has 0 aliphatic carbocycles. The molecular weight excluding hydrogens is 350 g/mol. The molecule has 0 fully saturated rings. The zero-order valence-electron chi connectivity index (χ0n) is 16.6. The smallest absolute Gasteiger partial charge is 0.178 e. The summed E-state index contributed by atoms with van der Waals surface area (Å²) >= 11 is 0. The fraction of sp³-hybridized carbons (Fsp3) is 0.182. The van der Waals surface area contributed by atoms with Crippen LogP contribution in [0.3, 0.4) is 0 Å². The number of nitrogen functional groups attached to an aromatic ring is 1. The lowest BCUT2D eigenvalue weighted by atomic mass is 10.0. The van der Waals surface area contributed by atoms with Gasteiger partial charge in [-0.25, -0.2) is 9.97 Å². The Bertz CT molecular complexity index is 998. The predicted molar refractivity (Wildman–Crippen MR) is 116 cm³/mol. The summed E-state index contributed by atoms with van der Waals surface area (Å²) in [7, 11) is 0. The zero-order chi connectivity index (χ0) is 20.7. The minimum atomic E-state index is -0.0988. The molecule has 0 spiro atoms. The van der Waals surface area contributed by atoms with Crippen LogP contribution in [-0.4, -0.2) is 22.0 Å². The minimum absolute atomic E-state index is 0.0988. The van der Waals surface area contributed by atoms with Crippen molar-refractivity contribution in [1.29, 1.82) is 5.41 Å². The standard InChI is InChI=1S/C20H19N5O.C2H6/c1-12-5-3-8-20(23-12)25-19-10-14(9-16(22)15(19)11-21)18-7-4-6-17(24-18)13(2)26;1-2/h3-11,21H,22H2,1-2H3,(H,23,25);1-2H3.